The van der Waals surface area contributed by atoms with Crippen LogP contribution in [0.15, 0.2) is 66.7 Å². The molecule has 1 unspecified atom stereocenters. The third-order valence-electron chi connectivity index (χ3n) is 5.19. The number of aryl methyl sites for hydroxylation is 1. The van der Waals surface area contributed by atoms with Crippen molar-refractivity contribution < 1.29 is 9.90 Å². The lowest BCUT2D eigenvalue weighted by atomic mass is 9.76. The van der Waals surface area contributed by atoms with Gasteiger partial charge < -0.3 is 15.3 Å². The predicted octanol–water partition coefficient (Wildman–Crippen LogP) is 4.35. The summed E-state index contributed by atoms with van der Waals surface area (Å²) in [5.74, 6) is -0.248. The van der Waals surface area contributed by atoms with Crippen molar-refractivity contribution in [1.82, 2.24) is 10.2 Å². The van der Waals surface area contributed by atoms with Gasteiger partial charge in [-0.1, -0.05) is 65.7 Å². The summed E-state index contributed by atoms with van der Waals surface area (Å²) in [7, 11) is 5.56. The minimum Gasteiger partial charge on any atom is -0.376 e. The van der Waals surface area contributed by atoms with Crippen LogP contribution in [0.3, 0.4) is 0 Å². The first-order chi connectivity index (χ1) is 14.3. The van der Waals surface area contributed by atoms with Crippen molar-refractivity contribution in [1.29, 1.82) is 0 Å². The average Bonchev–Trinajstić information content (AvgIpc) is 2.73. The standard InChI is InChI=1S/C25H27ClN2O2/c1-17-9-14-21(24(29)27-2)23(15-17)25(30,19-10-12-20(26)13-11-19)22-8-6-5-7-18(22)16-28(3)4/h5-15,30H,16H2,1-4H3,(H,27,29). The molecule has 0 aliphatic carbocycles. The smallest absolute Gasteiger partial charge is 0.251 e. The van der Waals surface area contributed by atoms with Crippen molar-refractivity contribution in [2.24, 2.45) is 0 Å². The van der Waals surface area contributed by atoms with Gasteiger partial charge in [-0.25, -0.2) is 0 Å². The van der Waals surface area contributed by atoms with Gasteiger partial charge in [-0.3, -0.25) is 4.79 Å². The summed E-state index contributed by atoms with van der Waals surface area (Å²) >= 11 is 6.13. The molecule has 3 aromatic rings. The lowest BCUT2D eigenvalue weighted by molar-refractivity contribution is 0.0938. The van der Waals surface area contributed by atoms with Crippen LogP contribution in [0.1, 0.15) is 38.2 Å². The molecule has 0 fully saturated rings. The summed E-state index contributed by atoms with van der Waals surface area (Å²) < 4.78 is 0. The maximum absolute atomic E-state index is 12.7. The zero-order valence-corrected chi connectivity index (χ0v) is 18.5. The highest BCUT2D eigenvalue weighted by atomic mass is 35.5. The number of rotatable bonds is 6. The summed E-state index contributed by atoms with van der Waals surface area (Å²) in [6.07, 6.45) is 0. The van der Waals surface area contributed by atoms with Gasteiger partial charge in [-0.15, -0.1) is 0 Å². The molecule has 0 aliphatic rings. The highest BCUT2D eigenvalue weighted by Crippen LogP contribution is 2.41. The largest absolute Gasteiger partial charge is 0.376 e. The fraction of sp³-hybridized carbons (Fsp3) is 0.240. The summed E-state index contributed by atoms with van der Waals surface area (Å²) in [5.41, 5.74) is 2.74. The Labute approximate surface area is 183 Å². The van der Waals surface area contributed by atoms with Crippen LogP contribution in [0.2, 0.25) is 5.02 Å². The third kappa shape index (κ3) is 4.26. The van der Waals surface area contributed by atoms with Crippen LogP contribution in [-0.4, -0.2) is 37.1 Å². The van der Waals surface area contributed by atoms with Gasteiger partial charge in [0.25, 0.3) is 5.91 Å². The molecule has 3 rings (SSSR count). The Morgan fingerprint density at radius 2 is 1.70 bits per heavy atom. The zero-order chi connectivity index (χ0) is 21.9. The SMILES string of the molecule is CNC(=O)c1ccc(C)cc1C(O)(c1ccc(Cl)cc1)c1ccccc1CN(C)C. The Bertz CT molecular complexity index is 1050. The zero-order valence-electron chi connectivity index (χ0n) is 17.7. The molecule has 0 aliphatic heterocycles. The Morgan fingerprint density at radius 3 is 2.33 bits per heavy atom. The van der Waals surface area contributed by atoms with Crippen LogP contribution < -0.4 is 5.32 Å². The molecule has 0 bridgehead atoms. The first kappa shape index (κ1) is 22.0. The van der Waals surface area contributed by atoms with E-state index in [-0.39, 0.29) is 5.91 Å². The number of nitrogens with one attached hydrogen (secondary N) is 1. The van der Waals surface area contributed by atoms with Crippen LogP contribution in [0.4, 0.5) is 0 Å². The number of benzene rings is 3. The van der Waals surface area contributed by atoms with Crippen molar-refractivity contribution in [3.63, 3.8) is 0 Å². The molecule has 1 amide bonds. The van der Waals surface area contributed by atoms with Gasteiger partial charge in [0.15, 0.2) is 0 Å². The second kappa shape index (κ2) is 9.00. The lowest BCUT2D eigenvalue weighted by Gasteiger charge is -2.34. The van der Waals surface area contributed by atoms with E-state index in [4.69, 9.17) is 11.6 Å². The van der Waals surface area contributed by atoms with Crippen molar-refractivity contribution in [2.45, 2.75) is 19.1 Å². The molecule has 0 saturated heterocycles. The van der Waals surface area contributed by atoms with E-state index in [1.165, 1.54) is 0 Å². The number of aliphatic hydroxyl groups is 1. The first-order valence-corrected chi connectivity index (χ1v) is 10.2. The molecule has 0 radical (unpaired) electrons. The predicted molar refractivity (Wildman–Crippen MR) is 122 cm³/mol. The minimum absolute atomic E-state index is 0.248. The van der Waals surface area contributed by atoms with Crippen LogP contribution in [0.5, 0.6) is 0 Å². The van der Waals surface area contributed by atoms with Crippen molar-refractivity contribution in [2.75, 3.05) is 21.1 Å². The van der Waals surface area contributed by atoms with E-state index >= 15 is 0 Å². The number of carbonyl (C=O) groups excluding carboxylic acids is 1. The number of halogens is 1. The quantitative estimate of drug-likeness (QED) is 0.580. The summed E-state index contributed by atoms with van der Waals surface area (Å²) in [6.45, 7) is 2.60. The number of nitrogens with zero attached hydrogens (tertiary/aromatic N) is 1. The Kier molecular flexibility index (Phi) is 6.61. The topological polar surface area (TPSA) is 52.6 Å². The van der Waals surface area contributed by atoms with Crippen molar-refractivity contribution >= 4 is 17.5 Å². The van der Waals surface area contributed by atoms with E-state index in [2.05, 4.69) is 10.2 Å². The average molecular weight is 423 g/mol. The second-order valence-electron chi connectivity index (χ2n) is 7.74. The first-order valence-electron chi connectivity index (χ1n) is 9.82. The number of hydrogen-bond donors (Lipinski definition) is 2. The molecule has 1 atom stereocenters. The minimum atomic E-state index is -1.54. The molecule has 4 nitrogen and oxygen atoms in total. The molecule has 3 aromatic carbocycles. The van der Waals surface area contributed by atoms with Crippen LogP contribution in [-0.2, 0) is 12.1 Å². The van der Waals surface area contributed by atoms with Gasteiger partial charge in [-0.2, -0.15) is 0 Å². The monoisotopic (exact) mass is 422 g/mol. The molecule has 5 heteroatoms. The molecule has 156 valence electrons. The van der Waals surface area contributed by atoms with Gasteiger partial charge in [-0.05, 0) is 55.9 Å². The van der Waals surface area contributed by atoms with Crippen molar-refractivity contribution in [3.8, 4) is 0 Å². The van der Waals surface area contributed by atoms with E-state index in [1.54, 1.807) is 25.2 Å². The molecule has 0 heterocycles. The molecule has 0 aromatic heterocycles. The Balaban J connectivity index is 2.38. The van der Waals surface area contributed by atoms with Crippen LogP contribution in [0, 0.1) is 6.92 Å². The van der Waals surface area contributed by atoms with Gasteiger partial charge in [0, 0.05) is 29.7 Å². The summed E-state index contributed by atoms with van der Waals surface area (Å²) in [5, 5.41) is 15.7. The second-order valence-corrected chi connectivity index (χ2v) is 8.18. The maximum atomic E-state index is 12.7. The van der Waals surface area contributed by atoms with Gasteiger partial charge in [0.05, 0.1) is 0 Å². The Hall–Kier alpha value is -2.66. The molecule has 0 saturated carbocycles. The van der Waals surface area contributed by atoms with Gasteiger partial charge in [0.1, 0.15) is 5.60 Å². The normalized spacial score (nSPS) is 13.2. The third-order valence-corrected chi connectivity index (χ3v) is 5.44. The van der Waals surface area contributed by atoms with E-state index in [0.29, 0.717) is 28.3 Å². The molecular formula is C25H27ClN2O2. The van der Waals surface area contributed by atoms with Gasteiger partial charge >= 0.3 is 0 Å². The highest BCUT2D eigenvalue weighted by molar-refractivity contribution is 6.30. The number of carbonyl (C=O) groups is 1. The summed E-state index contributed by atoms with van der Waals surface area (Å²) in [4.78, 5) is 14.8. The van der Waals surface area contributed by atoms with E-state index in [1.807, 2.05) is 69.6 Å². The van der Waals surface area contributed by atoms with Crippen LogP contribution in [0.25, 0.3) is 0 Å². The summed E-state index contributed by atoms with van der Waals surface area (Å²) in [6, 6.07) is 20.4. The van der Waals surface area contributed by atoms with Gasteiger partial charge in [0.2, 0.25) is 0 Å². The number of amides is 1. The van der Waals surface area contributed by atoms with E-state index < -0.39 is 5.60 Å². The molecular weight excluding hydrogens is 396 g/mol. The van der Waals surface area contributed by atoms with Crippen LogP contribution >= 0.6 is 11.6 Å². The van der Waals surface area contributed by atoms with E-state index in [9.17, 15) is 9.90 Å². The Morgan fingerprint density at radius 1 is 1.03 bits per heavy atom. The van der Waals surface area contributed by atoms with E-state index in [0.717, 1.165) is 16.7 Å². The molecule has 0 spiro atoms. The van der Waals surface area contributed by atoms with Crippen molar-refractivity contribution in [3.05, 3.63) is 105 Å². The molecule has 2 N–H and O–H groups in total. The number of hydrogen-bond acceptors (Lipinski definition) is 3. The fourth-order valence-electron chi connectivity index (χ4n) is 3.79. The highest BCUT2D eigenvalue weighted by Gasteiger charge is 2.38. The molecule has 30 heavy (non-hydrogen) atoms. The maximum Gasteiger partial charge on any atom is 0.251 e. The lowest BCUT2D eigenvalue weighted by Crippen LogP contribution is -2.34. The fourth-order valence-corrected chi connectivity index (χ4v) is 3.92.